The molecular weight excluding hydrogens is 373 g/mol. The highest BCUT2D eigenvalue weighted by atomic mass is 32.1. The Labute approximate surface area is 158 Å². The first-order valence-corrected chi connectivity index (χ1v) is 9.25. The first-order valence-electron chi connectivity index (χ1n) is 8.37. The van der Waals surface area contributed by atoms with E-state index in [2.05, 4.69) is 10.3 Å². The van der Waals surface area contributed by atoms with Gasteiger partial charge in [-0.05, 0) is 41.8 Å². The lowest BCUT2D eigenvalue weighted by molar-refractivity contribution is -0.120. The van der Waals surface area contributed by atoms with Crippen LogP contribution in [0.2, 0.25) is 0 Å². The van der Waals surface area contributed by atoms with Gasteiger partial charge in [0.25, 0.3) is 0 Å². The molecule has 0 unspecified atom stereocenters. The Morgan fingerprint density at radius 2 is 1.67 bits per heavy atom. The third-order valence-corrected chi connectivity index (χ3v) is 4.77. The summed E-state index contributed by atoms with van der Waals surface area (Å²) in [6.07, 6.45) is 1.06. The van der Waals surface area contributed by atoms with E-state index in [4.69, 9.17) is 0 Å². The van der Waals surface area contributed by atoms with E-state index in [1.807, 2.05) is 5.38 Å². The molecule has 3 rings (SSSR count). The van der Waals surface area contributed by atoms with Crippen molar-refractivity contribution >= 4 is 17.2 Å². The Morgan fingerprint density at radius 3 is 2.37 bits per heavy atom. The van der Waals surface area contributed by atoms with Crippen LogP contribution >= 0.6 is 11.3 Å². The maximum absolute atomic E-state index is 13.1. The minimum absolute atomic E-state index is 0.136. The zero-order chi connectivity index (χ0) is 19.2. The second kappa shape index (κ2) is 8.81. The van der Waals surface area contributed by atoms with Crippen LogP contribution in [0.3, 0.4) is 0 Å². The van der Waals surface area contributed by atoms with Gasteiger partial charge < -0.3 is 5.32 Å². The number of halogens is 3. The summed E-state index contributed by atoms with van der Waals surface area (Å²) in [5, 5.41) is 5.39. The molecule has 1 aromatic heterocycles. The molecule has 27 heavy (non-hydrogen) atoms. The van der Waals surface area contributed by atoms with E-state index < -0.39 is 11.6 Å². The average molecular weight is 390 g/mol. The van der Waals surface area contributed by atoms with E-state index in [1.165, 1.54) is 35.6 Å². The van der Waals surface area contributed by atoms with E-state index in [0.717, 1.165) is 16.6 Å². The highest BCUT2D eigenvalue weighted by Gasteiger charge is 2.09. The fourth-order valence-electron chi connectivity index (χ4n) is 2.62. The Kier molecular flexibility index (Phi) is 6.24. The first-order chi connectivity index (χ1) is 13.0. The number of amides is 1. The third kappa shape index (κ3) is 5.92. The Hall–Kier alpha value is -2.67. The van der Waals surface area contributed by atoms with E-state index in [1.54, 1.807) is 12.1 Å². The topological polar surface area (TPSA) is 42.0 Å². The molecular formula is C20H17F3N2OS. The number of rotatable bonds is 7. The molecule has 1 N–H and O–H groups in total. The van der Waals surface area contributed by atoms with E-state index in [0.29, 0.717) is 24.1 Å². The lowest BCUT2D eigenvalue weighted by Gasteiger charge is -2.05. The maximum Gasteiger partial charge on any atom is 0.226 e. The van der Waals surface area contributed by atoms with E-state index in [-0.39, 0.29) is 24.7 Å². The summed E-state index contributed by atoms with van der Waals surface area (Å²) in [5.74, 6) is -1.75. The molecule has 1 amide bonds. The lowest BCUT2D eigenvalue weighted by atomic mass is 10.1. The van der Waals surface area contributed by atoms with Crippen LogP contribution in [-0.4, -0.2) is 17.4 Å². The van der Waals surface area contributed by atoms with Gasteiger partial charge in [-0.3, -0.25) is 4.79 Å². The van der Waals surface area contributed by atoms with Gasteiger partial charge in [0.1, 0.15) is 17.5 Å². The van der Waals surface area contributed by atoms with Crippen molar-refractivity contribution in [1.82, 2.24) is 10.3 Å². The van der Waals surface area contributed by atoms with Crippen molar-refractivity contribution in [2.75, 3.05) is 6.54 Å². The summed E-state index contributed by atoms with van der Waals surface area (Å²) in [7, 11) is 0. The molecule has 0 radical (unpaired) electrons. The molecule has 140 valence electrons. The lowest BCUT2D eigenvalue weighted by Crippen LogP contribution is -2.27. The molecule has 7 heteroatoms. The fourth-order valence-corrected chi connectivity index (χ4v) is 3.44. The quantitative estimate of drug-likeness (QED) is 0.661. The minimum atomic E-state index is -0.632. The van der Waals surface area contributed by atoms with Crippen molar-refractivity contribution in [1.29, 1.82) is 0 Å². The smallest absolute Gasteiger partial charge is 0.226 e. The van der Waals surface area contributed by atoms with Crippen molar-refractivity contribution < 1.29 is 18.0 Å². The molecule has 0 aliphatic heterocycles. The number of carbonyl (C=O) groups is 1. The number of nitrogens with zero attached hydrogens (tertiary/aromatic N) is 1. The zero-order valence-corrected chi connectivity index (χ0v) is 15.2. The number of nitrogens with one attached hydrogen (secondary N) is 1. The second-order valence-electron chi connectivity index (χ2n) is 6.09. The molecule has 3 nitrogen and oxygen atoms in total. The molecule has 0 aliphatic rings. The van der Waals surface area contributed by atoms with Crippen LogP contribution in [0.15, 0.2) is 47.8 Å². The third-order valence-electron chi connectivity index (χ3n) is 3.87. The van der Waals surface area contributed by atoms with Gasteiger partial charge in [-0.2, -0.15) is 0 Å². The van der Waals surface area contributed by atoms with Gasteiger partial charge in [-0.1, -0.05) is 12.1 Å². The van der Waals surface area contributed by atoms with Crippen LogP contribution in [0.1, 0.15) is 21.8 Å². The van der Waals surface area contributed by atoms with Crippen LogP contribution in [-0.2, 0) is 24.1 Å². The van der Waals surface area contributed by atoms with Crippen molar-refractivity contribution in [3.8, 4) is 0 Å². The predicted octanol–water partition coefficient (Wildman–Crippen LogP) is 4.05. The minimum Gasteiger partial charge on any atom is -0.355 e. The maximum atomic E-state index is 13.1. The van der Waals surface area contributed by atoms with Crippen LogP contribution < -0.4 is 5.32 Å². The molecule has 0 spiro atoms. The van der Waals surface area contributed by atoms with Gasteiger partial charge in [-0.15, -0.1) is 11.3 Å². The molecule has 2 aromatic carbocycles. The van der Waals surface area contributed by atoms with Crippen molar-refractivity contribution in [3.63, 3.8) is 0 Å². The number of hydrogen-bond donors (Lipinski definition) is 1. The van der Waals surface area contributed by atoms with Gasteiger partial charge in [0, 0.05) is 24.4 Å². The Balaban J connectivity index is 1.46. The standard InChI is InChI=1S/C20H17F3N2OS/c21-15-3-1-13(2-4-15)9-20-25-18(12-27-20)11-19(26)24-6-5-14-7-16(22)10-17(23)8-14/h1-4,7-8,10,12H,5-6,9,11H2,(H,24,26). The molecule has 0 aliphatic carbocycles. The predicted molar refractivity (Wildman–Crippen MR) is 98.1 cm³/mol. The number of thiazole rings is 1. The molecule has 0 fully saturated rings. The number of aromatic nitrogens is 1. The molecule has 0 bridgehead atoms. The highest BCUT2D eigenvalue weighted by molar-refractivity contribution is 7.09. The van der Waals surface area contributed by atoms with Gasteiger partial charge in [0.05, 0.1) is 17.1 Å². The summed E-state index contributed by atoms with van der Waals surface area (Å²) in [5.41, 5.74) is 2.10. The molecule has 1 heterocycles. The SMILES string of the molecule is O=C(Cc1csc(Cc2ccc(F)cc2)n1)NCCc1cc(F)cc(F)c1. The largest absolute Gasteiger partial charge is 0.355 e. The summed E-state index contributed by atoms with van der Waals surface area (Å²) < 4.78 is 39.2. The highest BCUT2D eigenvalue weighted by Crippen LogP contribution is 2.16. The van der Waals surface area contributed by atoms with Gasteiger partial charge in [-0.25, -0.2) is 18.2 Å². The van der Waals surface area contributed by atoms with Crippen LogP contribution in [0.4, 0.5) is 13.2 Å². The van der Waals surface area contributed by atoms with Crippen LogP contribution in [0.5, 0.6) is 0 Å². The Morgan fingerprint density at radius 1 is 0.963 bits per heavy atom. The molecule has 0 saturated carbocycles. The summed E-state index contributed by atoms with van der Waals surface area (Å²) in [4.78, 5) is 16.4. The van der Waals surface area contributed by atoms with Crippen LogP contribution in [0.25, 0.3) is 0 Å². The Bertz CT molecular complexity index is 905. The second-order valence-corrected chi connectivity index (χ2v) is 7.03. The first kappa shape index (κ1) is 19.1. The van der Waals surface area contributed by atoms with Crippen molar-refractivity contribution in [2.24, 2.45) is 0 Å². The molecule has 3 aromatic rings. The average Bonchev–Trinajstić information content (AvgIpc) is 3.03. The number of benzene rings is 2. The van der Waals surface area contributed by atoms with Crippen LogP contribution in [0, 0.1) is 17.5 Å². The van der Waals surface area contributed by atoms with E-state index in [9.17, 15) is 18.0 Å². The van der Waals surface area contributed by atoms with Gasteiger partial charge in [0.15, 0.2) is 0 Å². The van der Waals surface area contributed by atoms with Gasteiger partial charge in [0.2, 0.25) is 5.91 Å². The summed E-state index contributed by atoms with van der Waals surface area (Å²) >= 11 is 1.45. The summed E-state index contributed by atoms with van der Waals surface area (Å²) in [6, 6.07) is 9.53. The molecule has 0 atom stereocenters. The van der Waals surface area contributed by atoms with Gasteiger partial charge >= 0.3 is 0 Å². The zero-order valence-electron chi connectivity index (χ0n) is 14.3. The normalized spacial score (nSPS) is 10.8. The molecule has 0 saturated heterocycles. The summed E-state index contributed by atoms with van der Waals surface area (Å²) in [6.45, 7) is 0.286. The fraction of sp³-hybridized carbons (Fsp3) is 0.200. The number of hydrogen-bond acceptors (Lipinski definition) is 3. The van der Waals surface area contributed by atoms with E-state index >= 15 is 0 Å². The van der Waals surface area contributed by atoms with Crippen molar-refractivity contribution in [3.05, 3.63) is 87.1 Å². The van der Waals surface area contributed by atoms with Crippen molar-refractivity contribution in [2.45, 2.75) is 19.3 Å². The monoisotopic (exact) mass is 390 g/mol. The number of carbonyl (C=O) groups excluding carboxylic acids is 1.